The van der Waals surface area contributed by atoms with Crippen molar-refractivity contribution in [3.63, 3.8) is 0 Å². The van der Waals surface area contributed by atoms with Crippen LogP contribution in [0.4, 0.5) is 5.88 Å². The van der Waals surface area contributed by atoms with Crippen LogP contribution in [0.1, 0.15) is 5.76 Å². The van der Waals surface area contributed by atoms with Crippen LogP contribution in [0.15, 0.2) is 16.5 Å². The van der Waals surface area contributed by atoms with Crippen molar-refractivity contribution in [3.8, 4) is 12.3 Å². The molecule has 0 saturated carbocycles. The van der Waals surface area contributed by atoms with E-state index in [4.69, 9.17) is 15.9 Å². The molecule has 17 heavy (non-hydrogen) atoms. The van der Waals surface area contributed by atoms with Crippen molar-refractivity contribution >= 4 is 11.9 Å². The highest BCUT2D eigenvalue weighted by Crippen LogP contribution is 2.16. The molecule has 0 saturated heterocycles. The van der Waals surface area contributed by atoms with Gasteiger partial charge in [-0.1, -0.05) is 5.92 Å². The number of rotatable bonds is 6. The predicted octanol–water partition coefficient (Wildman–Crippen LogP) is 0.708. The predicted molar refractivity (Wildman–Crippen MR) is 57.1 cm³/mol. The number of carboxylic acid groups (broad SMARTS) is 1. The molecule has 1 heterocycles. The van der Waals surface area contributed by atoms with Gasteiger partial charge in [0.2, 0.25) is 0 Å². The molecule has 0 amide bonds. The van der Waals surface area contributed by atoms with Crippen LogP contribution < -0.4 is 0 Å². The highest BCUT2D eigenvalue weighted by Gasteiger charge is 2.15. The van der Waals surface area contributed by atoms with Gasteiger partial charge in [-0.25, -0.2) is 0 Å². The largest absolute Gasteiger partial charge is 0.480 e. The molecule has 1 rings (SSSR count). The number of aliphatic carboxylic acids is 1. The molecule has 0 spiro atoms. The zero-order valence-corrected chi connectivity index (χ0v) is 8.83. The standard InChI is InChI=1S/C10H10N2O5/c1-2-5-11(7-10(13)14)6-8-3-4-9(17-8)12(15)16/h1,3-4H,5-7H2,(H,13,14). The molecule has 0 aromatic carbocycles. The molecule has 0 atom stereocenters. The van der Waals surface area contributed by atoms with Gasteiger partial charge in [0, 0.05) is 0 Å². The Balaban J connectivity index is 2.68. The molecule has 1 aromatic rings. The van der Waals surface area contributed by atoms with Gasteiger partial charge in [0.05, 0.1) is 25.7 Å². The third-order valence-electron chi connectivity index (χ3n) is 1.88. The number of hydrogen-bond acceptors (Lipinski definition) is 5. The third kappa shape index (κ3) is 3.96. The summed E-state index contributed by atoms with van der Waals surface area (Å²) in [4.78, 5) is 21.7. The number of terminal acetylenes is 1. The van der Waals surface area contributed by atoms with E-state index in [1.807, 2.05) is 0 Å². The summed E-state index contributed by atoms with van der Waals surface area (Å²) < 4.78 is 4.90. The van der Waals surface area contributed by atoms with E-state index in [9.17, 15) is 14.9 Å². The molecule has 0 fully saturated rings. The minimum absolute atomic E-state index is 0.115. The van der Waals surface area contributed by atoms with Crippen LogP contribution in [-0.2, 0) is 11.3 Å². The fraction of sp³-hybridized carbons (Fsp3) is 0.300. The van der Waals surface area contributed by atoms with Gasteiger partial charge in [0.1, 0.15) is 10.7 Å². The Kier molecular flexibility index (Phi) is 4.25. The van der Waals surface area contributed by atoms with Crippen molar-refractivity contribution in [2.45, 2.75) is 6.54 Å². The minimum atomic E-state index is -1.03. The molecule has 7 heteroatoms. The molecule has 90 valence electrons. The Morgan fingerprint density at radius 1 is 1.65 bits per heavy atom. The Hall–Kier alpha value is -2.33. The van der Waals surface area contributed by atoms with Crippen LogP contribution in [0.5, 0.6) is 0 Å². The number of hydrogen-bond donors (Lipinski definition) is 1. The van der Waals surface area contributed by atoms with Crippen LogP contribution >= 0.6 is 0 Å². The first kappa shape index (κ1) is 12.7. The molecule has 1 aromatic heterocycles. The molecular weight excluding hydrogens is 228 g/mol. The number of carboxylic acids is 1. The highest BCUT2D eigenvalue weighted by atomic mass is 16.6. The van der Waals surface area contributed by atoms with E-state index in [0.29, 0.717) is 5.76 Å². The molecule has 0 aliphatic rings. The lowest BCUT2D eigenvalue weighted by molar-refractivity contribution is -0.402. The Morgan fingerprint density at radius 3 is 2.82 bits per heavy atom. The van der Waals surface area contributed by atoms with Gasteiger partial charge >= 0.3 is 11.9 Å². The van der Waals surface area contributed by atoms with E-state index in [1.165, 1.54) is 17.0 Å². The van der Waals surface area contributed by atoms with E-state index < -0.39 is 10.9 Å². The van der Waals surface area contributed by atoms with Gasteiger partial charge in [-0.2, -0.15) is 0 Å². The van der Waals surface area contributed by atoms with Gasteiger partial charge in [-0.3, -0.25) is 19.8 Å². The summed E-state index contributed by atoms with van der Waals surface area (Å²) in [6.45, 7) is -0.0101. The number of furan rings is 1. The lowest BCUT2D eigenvalue weighted by Crippen LogP contribution is -2.29. The lowest BCUT2D eigenvalue weighted by Gasteiger charge is -2.14. The van der Waals surface area contributed by atoms with Crippen molar-refractivity contribution in [1.82, 2.24) is 4.90 Å². The summed E-state index contributed by atoms with van der Waals surface area (Å²) in [5, 5.41) is 19.0. The molecule has 0 aliphatic heterocycles. The number of nitro groups is 1. The van der Waals surface area contributed by atoms with Crippen molar-refractivity contribution in [2.24, 2.45) is 0 Å². The topological polar surface area (TPSA) is 96.8 Å². The molecule has 0 radical (unpaired) electrons. The van der Waals surface area contributed by atoms with Gasteiger partial charge in [0.25, 0.3) is 0 Å². The summed E-state index contributed by atoms with van der Waals surface area (Å²) in [6, 6.07) is 2.63. The SMILES string of the molecule is C#CCN(CC(=O)O)Cc1ccc([N+](=O)[O-])o1. The maximum absolute atomic E-state index is 10.5. The maximum atomic E-state index is 10.5. The average Bonchev–Trinajstić information content (AvgIpc) is 2.65. The van der Waals surface area contributed by atoms with Gasteiger partial charge in [-0.15, -0.1) is 6.42 Å². The Bertz CT molecular complexity index is 460. The summed E-state index contributed by atoms with van der Waals surface area (Å²) >= 11 is 0. The third-order valence-corrected chi connectivity index (χ3v) is 1.88. The molecule has 7 nitrogen and oxygen atoms in total. The Morgan fingerprint density at radius 2 is 2.35 bits per heavy atom. The maximum Gasteiger partial charge on any atom is 0.433 e. The van der Waals surface area contributed by atoms with Crippen LogP contribution in [0, 0.1) is 22.5 Å². The van der Waals surface area contributed by atoms with E-state index in [1.54, 1.807) is 0 Å². The first-order chi connectivity index (χ1) is 8.02. The smallest absolute Gasteiger partial charge is 0.433 e. The second kappa shape index (κ2) is 5.67. The normalized spacial score (nSPS) is 10.1. The fourth-order valence-corrected chi connectivity index (χ4v) is 1.26. The molecular formula is C10H10N2O5. The van der Waals surface area contributed by atoms with E-state index >= 15 is 0 Å². The van der Waals surface area contributed by atoms with Crippen LogP contribution in [0.2, 0.25) is 0 Å². The van der Waals surface area contributed by atoms with Crippen LogP contribution in [0.25, 0.3) is 0 Å². The van der Waals surface area contributed by atoms with Crippen LogP contribution in [0.3, 0.4) is 0 Å². The van der Waals surface area contributed by atoms with Crippen LogP contribution in [-0.4, -0.2) is 34.0 Å². The monoisotopic (exact) mass is 238 g/mol. The summed E-state index contributed by atoms with van der Waals surface area (Å²) in [5.74, 6) is 1.20. The molecule has 0 bridgehead atoms. The fourth-order valence-electron chi connectivity index (χ4n) is 1.26. The second-order valence-electron chi connectivity index (χ2n) is 3.24. The van der Waals surface area contributed by atoms with Crippen molar-refractivity contribution in [2.75, 3.05) is 13.1 Å². The van der Waals surface area contributed by atoms with Gasteiger partial charge in [0.15, 0.2) is 0 Å². The number of carbonyl (C=O) groups is 1. The summed E-state index contributed by atoms with van der Waals surface area (Å²) in [7, 11) is 0. The second-order valence-corrected chi connectivity index (χ2v) is 3.24. The van der Waals surface area contributed by atoms with Crippen molar-refractivity contribution in [1.29, 1.82) is 0 Å². The van der Waals surface area contributed by atoms with E-state index in [0.717, 1.165) is 0 Å². The highest BCUT2D eigenvalue weighted by molar-refractivity contribution is 5.69. The molecule has 0 aliphatic carbocycles. The van der Waals surface area contributed by atoms with Crippen molar-refractivity contribution < 1.29 is 19.2 Å². The Labute approximate surface area is 96.8 Å². The lowest BCUT2D eigenvalue weighted by atomic mass is 10.4. The summed E-state index contributed by atoms with van der Waals surface area (Å²) in [5.41, 5.74) is 0. The quantitative estimate of drug-likeness (QED) is 0.445. The minimum Gasteiger partial charge on any atom is -0.480 e. The van der Waals surface area contributed by atoms with Gasteiger partial charge < -0.3 is 9.52 Å². The van der Waals surface area contributed by atoms with E-state index in [2.05, 4.69) is 5.92 Å². The first-order valence-corrected chi connectivity index (χ1v) is 4.63. The zero-order chi connectivity index (χ0) is 12.8. The van der Waals surface area contributed by atoms with Crippen molar-refractivity contribution in [3.05, 3.63) is 28.0 Å². The average molecular weight is 238 g/mol. The summed E-state index contributed by atoms with van der Waals surface area (Å²) in [6.07, 6.45) is 5.09. The van der Waals surface area contributed by atoms with Gasteiger partial charge in [-0.05, 0) is 6.07 Å². The first-order valence-electron chi connectivity index (χ1n) is 4.63. The zero-order valence-electron chi connectivity index (χ0n) is 8.83. The molecule has 0 unspecified atom stereocenters. The molecule has 1 N–H and O–H groups in total. The number of nitrogens with zero attached hydrogens (tertiary/aromatic N) is 2. The van der Waals surface area contributed by atoms with E-state index in [-0.39, 0.29) is 25.5 Å².